The lowest BCUT2D eigenvalue weighted by atomic mass is 9.77. The van der Waals surface area contributed by atoms with E-state index >= 15 is 0 Å². The van der Waals surface area contributed by atoms with Gasteiger partial charge in [-0.15, -0.1) is 0 Å². The normalized spacial score (nSPS) is 23.3. The predicted octanol–water partition coefficient (Wildman–Crippen LogP) is 5.20. The monoisotopic (exact) mass is 297 g/mol. The first-order valence-electron chi connectivity index (χ1n) is 8.45. The molecule has 1 atom stereocenters. The summed E-state index contributed by atoms with van der Waals surface area (Å²) >= 11 is 0. The number of hydrogen-bond acceptors (Lipinski definition) is 2. The molecule has 0 N–H and O–H groups in total. The molecule has 0 spiro atoms. The van der Waals surface area contributed by atoms with Gasteiger partial charge in [0.25, 0.3) is 0 Å². The second-order valence-corrected chi connectivity index (χ2v) is 6.40. The summed E-state index contributed by atoms with van der Waals surface area (Å²) in [6.07, 6.45) is 10.7. The van der Waals surface area contributed by atoms with Crippen molar-refractivity contribution in [2.75, 3.05) is 6.61 Å². The van der Waals surface area contributed by atoms with Crippen molar-refractivity contribution in [2.24, 2.45) is 5.92 Å². The second kappa shape index (κ2) is 8.76. The summed E-state index contributed by atoms with van der Waals surface area (Å²) in [5, 5.41) is 8.87. The van der Waals surface area contributed by atoms with E-state index < -0.39 is 0 Å². The highest BCUT2D eigenvalue weighted by Gasteiger charge is 2.23. The molecule has 0 saturated heterocycles. The maximum atomic E-state index is 8.87. The minimum Gasteiger partial charge on any atom is -0.374 e. The Hall–Kier alpha value is -1.59. The molecule has 1 unspecified atom stereocenters. The molecule has 118 valence electrons. The van der Waals surface area contributed by atoms with Crippen LogP contribution in [0.3, 0.4) is 0 Å². The van der Waals surface area contributed by atoms with Crippen molar-refractivity contribution in [1.82, 2.24) is 0 Å². The van der Waals surface area contributed by atoms with E-state index in [1.54, 1.807) is 0 Å². The van der Waals surface area contributed by atoms with Crippen molar-refractivity contribution < 1.29 is 4.74 Å². The Labute approximate surface area is 134 Å². The van der Waals surface area contributed by atoms with Gasteiger partial charge in [-0.05, 0) is 75.5 Å². The second-order valence-electron chi connectivity index (χ2n) is 6.40. The number of rotatable bonds is 6. The van der Waals surface area contributed by atoms with Crippen molar-refractivity contribution in [3.63, 3.8) is 0 Å². The minimum atomic E-state index is 0.354. The van der Waals surface area contributed by atoms with Gasteiger partial charge in [0.1, 0.15) is 0 Å². The summed E-state index contributed by atoms with van der Waals surface area (Å²) < 4.78 is 5.80. The lowest BCUT2D eigenvalue weighted by molar-refractivity contribution is 0.0620. The van der Waals surface area contributed by atoms with Gasteiger partial charge >= 0.3 is 0 Å². The fourth-order valence-electron chi connectivity index (χ4n) is 3.41. The maximum Gasteiger partial charge on any atom is 0.0991 e. The number of nitrogens with zero attached hydrogens (tertiary/aromatic N) is 1. The maximum absolute atomic E-state index is 8.87. The number of hydrogen-bond donors (Lipinski definition) is 0. The molecule has 1 aromatic carbocycles. The lowest BCUT2D eigenvalue weighted by Gasteiger charge is -2.30. The van der Waals surface area contributed by atoms with Crippen molar-refractivity contribution in [3.8, 4) is 6.07 Å². The Morgan fingerprint density at radius 1 is 1.23 bits per heavy atom. The fraction of sp³-hybridized carbons (Fsp3) is 0.550. The molecule has 0 aromatic heterocycles. The quantitative estimate of drug-likeness (QED) is 0.676. The van der Waals surface area contributed by atoms with E-state index in [1.807, 2.05) is 25.1 Å². The van der Waals surface area contributed by atoms with Crippen LogP contribution in [0.2, 0.25) is 0 Å². The molecule has 1 fully saturated rings. The molecule has 2 nitrogen and oxygen atoms in total. The number of allylic oxidation sites excluding steroid dienone is 1. The Balaban J connectivity index is 1.76. The number of nitriles is 1. The Morgan fingerprint density at radius 3 is 2.50 bits per heavy atom. The van der Waals surface area contributed by atoms with Crippen LogP contribution in [0.5, 0.6) is 0 Å². The van der Waals surface area contributed by atoms with Gasteiger partial charge in [0.15, 0.2) is 0 Å². The van der Waals surface area contributed by atoms with Crippen molar-refractivity contribution in [1.29, 1.82) is 5.26 Å². The SMILES string of the molecule is C/C=C/COC(C)CC1CCC(c2ccc(C#N)cc2)CC1. The summed E-state index contributed by atoms with van der Waals surface area (Å²) in [5.41, 5.74) is 2.15. The molecule has 0 heterocycles. The van der Waals surface area contributed by atoms with E-state index in [2.05, 4.69) is 31.2 Å². The summed E-state index contributed by atoms with van der Waals surface area (Å²) in [4.78, 5) is 0. The average Bonchev–Trinajstić information content (AvgIpc) is 2.56. The van der Waals surface area contributed by atoms with Crippen LogP contribution in [0.15, 0.2) is 36.4 Å². The molecule has 1 aliphatic rings. The summed E-state index contributed by atoms with van der Waals surface area (Å²) in [6, 6.07) is 10.3. The third-order valence-electron chi connectivity index (χ3n) is 4.74. The molecule has 2 heteroatoms. The molecular formula is C20H27NO. The Kier molecular flexibility index (Phi) is 6.68. The molecule has 0 aliphatic heterocycles. The Morgan fingerprint density at radius 2 is 1.91 bits per heavy atom. The van der Waals surface area contributed by atoms with Crippen LogP contribution >= 0.6 is 0 Å². The zero-order chi connectivity index (χ0) is 15.8. The molecule has 1 saturated carbocycles. The van der Waals surface area contributed by atoms with E-state index in [0.717, 1.165) is 18.1 Å². The predicted molar refractivity (Wildman–Crippen MR) is 90.7 cm³/mol. The van der Waals surface area contributed by atoms with E-state index in [9.17, 15) is 0 Å². The van der Waals surface area contributed by atoms with Gasteiger partial charge in [-0.1, -0.05) is 24.3 Å². The van der Waals surface area contributed by atoms with Crippen LogP contribution in [0.4, 0.5) is 0 Å². The average molecular weight is 297 g/mol. The molecule has 0 amide bonds. The zero-order valence-corrected chi connectivity index (χ0v) is 13.8. The van der Waals surface area contributed by atoms with Crippen LogP contribution in [0.1, 0.15) is 63.0 Å². The summed E-state index contributed by atoms with van der Waals surface area (Å²) in [6.45, 7) is 4.95. The fourth-order valence-corrected chi connectivity index (χ4v) is 3.41. The molecule has 0 bridgehead atoms. The first-order valence-corrected chi connectivity index (χ1v) is 8.45. The van der Waals surface area contributed by atoms with E-state index in [4.69, 9.17) is 10.00 Å². The van der Waals surface area contributed by atoms with E-state index in [1.165, 1.54) is 37.7 Å². The molecular weight excluding hydrogens is 270 g/mol. The van der Waals surface area contributed by atoms with Crippen molar-refractivity contribution in [2.45, 2.75) is 58.0 Å². The highest BCUT2D eigenvalue weighted by atomic mass is 16.5. The van der Waals surface area contributed by atoms with Gasteiger partial charge in [0.2, 0.25) is 0 Å². The van der Waals surface area contributed by atoms with Gasteiger partial charge in [0.05, 0.1) is 24.3 Å². The first-order chi connectivity index (χ1) is 10.7. The number of benzene rings is 1. The third kappa shape index (κ3) is 5.00. The van der Waals surface area contributed by atoms with Gasteiger partial charge in [-0.3, -0.25) is 0 Å². The number of ether oxygens (including phenoxy) is 1. The Bertz CT molecular complexity index is 504. The van der Waals surface area contributed by atoms with Crippen LogP contribution in [0, 0.1) is 17.2 Å². The van der Waals surface area contributed by atoms with Gasteiger partial charge < -0.3 is 4.74 Å². The first kappa shape index (κ1) is 16.8. The van der Waals surface area contributed by atoms with Gasteiger partial charge in [-0.25, -0.2) is 0 Å². The van der Waals surface area contributed by atoms with Crippen LogP contribution in [-0.2, 0) is 4.74 Å². The van der Waals surface area contributed by atoms with Crippen molar-refractivity contribution >= 4 is 0 Å². The summed E-state index contributed by atoms with van der Waals surface area (Å²) in [7, 11) is 0. The topological polar surface area (TPSA) is 33.0 Å². The molecule has 0 radical (unpaired) electrons. The molecule has 2 rings (SSSR count). The van der Waals surface area contributed by atoms with E-state index in [0.29, 0.717) is 12.0 Å². The molecule has 1 aromatic rings. The smallest absolute Gasteiger partial charge is 0.0991 e. The molecule has 1 aliphatic carbocycles. The lowest BCUT2D eigenvalue weighted by Crippen LogP contribution is -2.19. The van der Waals surface area contributed by atoms with Crippen molar-refractivity contribution in [3.05, 3.63) is 47.5 Å². The molecule has 22 heavy (non-hydrogen) atoms. The van der Waals surface area contributed by atoms with Crippen LogP contribution in [0.25, 0.3) is 0 Å². The zero-order valence-electron chi connectivity index (χ0n) is 13.8. The third-order valence-corrected chi connectivity index (χ3v) is 4.74. The van der Waals surface area contributed by atoms with Gasteiger partial charge in [0, 0.05) is 0 Å². The summed E-state index contributed by atoms with van der Waals surface area (Å²) in [5.74, 6) is 1.47. The van der Waals surface area contributed by atoms with Gasteiger partial charge in [-0.2, -0.15) is 5.26 Å². The van der Waals surface area contributed by atoms with E-state index in [-0.39, 0.29) is 0 Å². The standard InChI is InChI=1S/C20H27NO/c1-3-4-13-22-16(2)14-17-5-9-19(10-6-17)20-11-7-18(15-21)8-12-20/h3-4,7-8,11-12,16-17,19H,5-6,9-10,13-14H2,1-2H3/b4-3+. The largest absolute Gasteiger partial charge is 0.374 e. The van der Waals surface area contributed by atoms with Crippen LogP contribution < -0.4 is 0 Å². The van der Waals surface area contributed by atoms with Crippen LogP contribution in [-0.4, -0.2) is 12.7 Å². The minimum absolute atomic E-state index is 0.354. The highest BCUT2D eigenvalue weighted by Crippen LogP contribution is 2.37. The highest BCUT2D eigenvalue weighted by molar-refractivity contribution is 5.33.